The molecule has 0 heterocycles. The van der Waals surface area contributed by atoms with Crippen molar-refractivity contribution in [3.63, 3.8) is 0 Å². The molecule has 150 valence electrons. The Bertz CT molecular complexity index is 882. The summed E-state index contributed by atoms with van der Waals surface area (Å²) in [5.41, 5.74) is 3.27. The minimum absolute atomic E-state index is 0.0532. The Labute approximate surface area is 164 Å². The van der Waals surface area contributed by atoms with Crippen molar-refractivity contribution in [2.24, 2.45) is 0 Å². The second-order valence-corrected chi connectivity index (χ2v) is 6.75. The minimum atomic E-state index is -0.480. The molecule has 0 fully saturated rings. The topological polar surface area (TPSA) is 95.1 Å². The molecule has 8 nitrogen and oxygen atoms in total. The first-order valence-corrected chi connectivity index (χ1v) is 8.82. The molecular weight excluding hydrogens is 362 g/mol. The van der Waals surface area contributed by atoms with E-state index < -0.39 is 4.92 Å². The van der Waals surface area contributed by atoms with Crippen LogP contribution in [0.5, 0.6) is 11.5 Å². The summed E-state index contributed by atoms with van der Waals surface area (Å²) in [5.74, 6) is 1.10. The van der Waals surface area contributed by atoms with Crippen molar-refractivity contribution in [3.8, 4) is 11.5 Å². The number of methoxy groups -OCH3 is 2. The van der Waals surface area contributed by atoms with Crippen LogP contribution in [0.2, 0.25) is 0 Å². The number of nitro groups is 1. The monoisotopic (exact) mass is 388 g/mol. The van der Waals surface area contributed by atoms with Crippen LogP contribution in [0.1, 0.15) is 16.7 Å². The molecule has 28 heavy (non-hydrogen) atoms. The SMILES string of the molecule is COc1cc(C)c(C[NH+](C)CC(=O)Nc2cc([N+](=O)[O-])ccc2C)cc1OC. The maximum atomic E-state index is 12.4. The highest BCUT2D eigenvalue weighted by Gasteiger charge is 2.16. The fourth-order valence-corrected chi connectivity index (χ4v) is 2.93. The van der Waals surface area contributed by atoms with Gasteiger partial charge in [-0.3, -0.25) is 14.9 Å². The number of amides is 1. The van der Waals surface area contributed by atoms with Crippen LogP contribution >= 0.6 is 0 Å². The standard InChI is InChI=1S/C20H25N3O5/c1-13-6-7-16(23(25)26)10-17(13)21-20(24)12-22(3)11-15-9-19(28-5)18(27-4)8-14(15)2/h6-10H,11-12H2,1-5H3,(H,21,24)/p+1. The van der Waals surface area contributed by atoms with E-state index in [1.807, 2.05) is 26.1 Å². The number of carbonyl (C=O) groups is 1. The number of hydrogen-bond donors (Lipinski definition) is 2. The molecule has 1 unspecified atom stereocenters. The fraction of sp³-hybridized carbons (Fsp3) is 0.350. The minimum Gasteiger partial charge on any atom is -0.493 e. The summed E-state index contributed by atoms with van der Waals surface area (Å²) in [4.78, 5) is 23.8. The molecule has 0 saturated carbocycles. The molecule has 0 aliphatic carbocycles. The molecule has 0 aromatic heterocycles. The molecule has 0 radical (unpaired) electrons. The van der Waals surface area contributed by atoms with E-state index in [0.29, 0.717) is 23.7 Å². The van der Waals surface area contributed by atoms with Crippen LogP contribution in [-0.4, -0.2) is 38.6 Å². The zero-order chi connectivity index (χ0) is 20.8. The lowest BCUT2D eigenvalue weighted by Gasteiger charge is -2.17. The van der Waals surface area contributed by atoms with Gasteiger partial charge in [0.05, 0.1) is 31.9 Å². The number of nitro benzene ring substituents is 1. The average Bonchev–Trinajstić information content (AvgIpc) is 2.64. The van der Waals surface area contributed by atoms with Gasteiger partial charge >= 0.3 is 0 Å². The number of nitrogens with zero attached hydrogens (tertiary/aromatic N) is 1. The highest BCUT2D eigenvalue weighted by molar-refractivity contribution is 5.92. The number of anilines is 1. The molecule has 1 atom stereocenters. The van der Waals surface area contributed by atoms with E-state index in [9.17, 15) is 14.9 Å². The zero-order valence-corrected chi connectivity index (χ0v) is 16.8. The Kier molecular flexibility index (Phi) is 6.94. The summed E-state index contributed by atoms with van der Waals surface area (Å²) < 4.78 is 10.7. The number of aryl methyl sites for hydroxylation is 2. The Morgan fingerprint density at radius 1 is 1.11 bits per heavy atom. The van der Waals surface area contributed by atoms with E-state index in [0.717, 1.165) is 21.6 Å². The molecule has 0 aliphatic rings. The van der Waals surface area contributed by atoms with Gasteiger partial charge in [0, 0.05) is 17.7 Å². The predicted octanol–water partition coefficient (Wildman–Crippen LogP) is 1.88. The first kappa shape index (κ1) is 21.2. The maximum absolute atomic E-state index is 12.4. The fourth-order valence-electron chi connectivity index (χ4n) is 2.93. The van der Waals surface area contributed by atoms with E-state index in [1.165, 1.54) is 12.1 Å². The first-order valence-electron chi connectivity index (χ1n) is 8.82. The Balaban J connectivity index is 2.05. The predicted molar refractivity (Wildman–Crippen MR) is 106 cm³/mol. The third-order valence-corrected chi connectivity index (χ3v) is 4.50. The molecule has 2 aromatic rings. The third-order valence-electron chi connectivity index (χ3n) is 4.50. The molecule has 2 N–H and O–H groups in total. The van der Waals surface area contributed by atoms with Crippen LogP contribution in [0.15, 0.2) is 30.3 Å². The molecule has 0 saturated heterocycles. The van der Waals surface area contributed by atoms with Crippen LogP contribution in [0.3, 0.4) is 0 Å². The van der Waals surface area contributed by atoms with Gasteiger partial charge in [0.2, 0.25) is 0 Å². The van der Waals surface area contributed by atoms with Crippen LogP contribution in [0, 0.1) is 24.0 Å². The maximum Gasteiger partial charge on any atom is 0.279 e. The van der Waals surface area contributed by atoms with Gasteiger partial charge in [-0.05, 0) is 37.1 Å². The number of likely N-dealkylation sites (N-methyl/N-ethyl adjacent to an activating group) is 1. The Morgan fingerprint density at radius 3 is 2.36 bits per heavy atom. The van der Waals surface area contributed by atoms with Gasteiger partial charge in [-0.15, -0.1) is 0 Å². The van der Waals surface area contributed by atoms with Gasteiger partial charge in [-0.1, -0.05) is 6.07 Å². The molecule has 0 spiro atoms. The van der Waals surface area contributed by atoms with Crippen LogP contribution in [0.25, 0.3) is 0 Å². The van der Waals surface area contributed by atoms with Gasteiger partial charge in [-0.25, -0.2) is 0 Å². The van der Waals surface area contributed by atoms with Gasteiger partial charge in [-0.2, -0.15) is 0 Å². The molecule has 2 aromatic carbocycles. The molecule has 8 heteroatoms. The van der Waals surface area contributed by atoms with Crippen LogP contribution in [-0.2, 0) is 11.3 Å². The van der Waals surface area contributed by atoms with E-state index in [4.69, 9.17) is 9.47 Å². The van der Waals surface area contributed by atoms with Crippen molar-refractivity contribution >= 4 is 17.3 Å². The average molecular weight is 388 g/mol. The van der Waals surface area contributed by atoms with E-state index in [1.54, 1.807) is 27.2 Å². The molecule has 1 amide bonds. The number of benzene rings is 2. The van der Waals surface area contributed by atoms with E-state index in [-0.39, 0.29) is 18.1 Å². The molecule has 0 bridgehead atoms. The van der Waals surface area contributed by atoms with Crippen molar-refractivity contribution < 1.29 is 24.1 Å². The number of hydrogen-bond acceptors (Lipinski definition) is 5. The Morgan fingerprint density at radius 2 is 1.75 bits per heavy atom. The van der Waals surface area contributed by atoms with Crippen molar-refractivity contribution in [1.29, 1.82) is 0 Å². The summed E-state index contributed by atoms with van der Waals surface area (Å²) in [5, 5.41) is 13.7. The first-order chi connectivity index (χ1) is 13.2. The number of quaternary nitrogens is 1. The normalized spacial score (nSPS) is 11.6. The number of rotatable bonds is 8. The zero-order valence-electron chi connectivity index (χ0n) is 16.8. The van der Waals surface area contributed by atoms with Gasteiger partial charge in [0.1, 0.15) is 6.54 Å². The largest absolute Gasteiger partial charge is 0.493 e. The smallest absolute Gasteiger partial charge is 0.279 e. The van der Waals surface area contributed by atoms with Gasteiger partial charge in [0.15, 0.2) is 18.0 Å². The van der Waals surface area contributed by atoms with Gasteiger partial charge < -0.3 is 19.7 Å². The van der Waals surface area contributed by atoms with Crippen molar-refractivity contribution in [2.75, 3.05) is 33.1 Å². The summed E-state index contributed by atoms with van der Waals surface area (Å²) in [6, 6.07) is 8.24. The Hall–Kier alpha value is -3.13. The molecule has 0 aliphatic heterocycles. The molecular formula is C20H26N3O5+. The van der Waals surface area contributed by atoms with Crippen molar-refractivity contribution in [1.82, 2.24) is 0 Å². The van der Waals surface area contributed by atoms with E-state index >= 15 is 0 Å². The summed E-state index contributed by atoms with van der Waals surface area (Å²) in [7, 11) is 5.09. The van der Waals surface area contributed by atoms with E-state index in [2.05, 4.69) is 5.32 Å². The summed E-state index contributed by atoms with van der Waals surface area (Å²) >= 11 is 0. The number of ether oxygens (including phenoxy) is 2. The lowest BCUT2D eigenvalue weighted by atomic mass is 10.1. The van der Waals surface area contributed by atoms with Crippen molar-refractivity contribution in [3.05, 3.63) is 57.1 Å². The van der Waals surface area contributed by atoms with Gasteiger partial charge in [0.25, 0.3) is 11.6 Å². The number of nitrogens with one attached hydrogen (secondary N) is 2. The van der Waals surface area contributed by atoms with Crippen LogP contribution in [0.4, 0.5) is 11.4 Å². The number of carbonyl (C=O) groups excluding carboxylic acids is 1. The summed E-state index contributed by atoms with van der Waals surface area (Å²) in [6.45, 7) is 4.61. The lowest BCUT2D eigenvalue weighted by molar-refractivity contribution is -0.885. The van der Waals surface area contributed by atoms with Crippen LogP contribution < -0.4 is 19.7 Å². The third kappa shape index (κ3) is 5.20. The second-order valence-electron chi connectivity index (χ2n) is 6.75. The quantitative estimate of drug-likeness (QED) is 0.532. The lowest BCUT2D eigenvalue weighted by Crippen LogP contribution is -3.08. The highest BCUT2D eigenvalue weighted by atomic mass is 16.6. The highest BCUT2D eigenvalue weighted by Crippen LogP contribution is 2.29. The summed E-state index contributed by atoms with van der Waals surface area (Å²) in [6.07, 6.45) is 0. The number of non-ortho nitro benzene ring substituents is 1. The second kappa shape index (κ2) is 9.18. The molecule has 2 rings (SSSR count). The van der Waals surface area contributed by atoms with Crippen molar-refractivity contribution in [2.45, 2.75) is 20.4 Å².